The maximum Gasteiger partial charge on any atom is 0.244 e. The molecule has 11 heteroatoms. The molecule has 1 atom stereocenters. The maximum atomic E-state index is 13.7. The summed E-state index contributed by atoms with van der Waals surface area (Å²) in [4.78, 5) is 27.9. The van der Waals surface area contributed by atoms with Crippen LogP contribution in [0.25, 0.3) is 0 Å². The van der Waals surface area contributed by atoms with E-state index in [9.17, 15) is 18.0 Å². The van der Waals surface area contributed by atoms with Gasteiger partial charge in [-0.1, -0.05) is 36.7 Å². The number of hydrogen-bond donors (Lipinski definition) is 1. The summed E-state index contributed by atoms with van der Waals surface area (Å²) in [5.41, 5.74) is 0.779. The largest absolute Gasteiger partial charge is 0.497 e. The lowest BCUT2D eigenvalue weighted by atomic mass is 10.1. The van der Waals surface area contributed by atoms with Crippen LogP contribution in [0.5, 0.6) is 11.5 Å². The van der Waals surface area contributed by atoms with E-state index in [1.165, 1.54) is 25.2 Å². The van der Waals surface area contributed by atoms with Gasteiger partial charge in [-0.2, -0.15) is 0 Å². The van der Waals surface area contributed by atoms with E-state index in [0.717, 1.165) is 10.6 Å². The molecule has 0 spiro atoms. The number of carbonyl (C=O) groups excluding carboxylic acids is 2. The number of benzene rings is 2. The van der Waals surface area contributed by atoms with E-state index in [4.69, 9.17) is 21.1 Å². The molecule has 2 aromatic carbocycles. The smallest absolute Gasteiger partial charge is 0.244 e. The van der Waals surface area contributed by atoms with Gasteiger partial charge in [0.05, 0.1) is 26.2 Å². The summed E-state index contributed by atoms with van der Waals surface area (Å²) in [5, 5.41) is 3.18. The SMILES string of the molecule is CCNC(=O)[C@@H](CC)N(Cc1ccccc1Cl)C(=O)CN(c1cc(OC)ccc1OC)S(C)(=O)=O. The molecule has 0 heterocycles. The number of methoxy groups -OCH3 is 2. The third-order valence-corrected chi connectivity index (χ3v) is 6.86. The maximum absolute atomic E-state index is 13.7. The normalized spacial score (nSPS) is 11.9. The molecule has 35 heavy (non-hydrogen) atoms. The molecule has 0 saturated carbocycles. The van der Waals surface area contributed by atoms with E-state index in [1.807, 2.05) is 0 Å². The van der Waals surface area contributed by atoms with Gasteiger partial charge < -0.3 is 19.7 Å². The van der Waals surface area contributed by atoms with Crippen molar-refractivity contribution in [3.63, 3.8) is 0 Å². The molecule has 2 aromatic rings. The summed E-state index contributed by atoms with van der Waals surface area (Å²) in [6.07, 6.45) is 1.32. The average Bonchev–Trinajstić information content (AvgIpc) is 2.82. The average molecular weight is 526 g/mol. The van der Waals surface area contributed by atoms with Crippen LogP contribution in [-0.2, 0) is 26.2 Å². The van der Waals surface area contributed by atoms with Crippen LogP contribution in [0.1, 0.15) is 25.8 Å². The van der Waals surface area contributed by atoms with Crippen LogP contribution in [0.4, 0.5) is 5.69 Å². The zero-order valence-electron chi connectivity index (χ0n) is 20.6. The summed E-state index contributed by atoms with van der Waals surface area (Å²) >= 11 is 6.33. The number of nitrogens with one attached hydrogen (secondary N) is 1. The quantitative estimate of drug-likeness (QED) is 0.456. The Labute approximate surface area is 212 Å². The van der Waals surface area contributed by atoms with E-state index in [0.29, 0.717) is 29.3 Å². The predicted octanol–water partition coefficient (Wildman–Crippen LogP) is 3.07. The van der Waals surface area contributed by atoms with E-state index in [1.54, 1.807) is 50.2 Å². The number of rotatable bonds is 12. The molecule has 2 rings (SSSR count). The Balaban J connectivity index is 2.54. The first-order valence-corrected chi connectivity index (χ1v) is 13.3. The van der Waals surface area contributed by atoms with Crippen LogP contribution in [0.3, 0.4) is 0 Å². The summed E-state index contributed by atoms with van der Waals surface area (Å²) < 4.78 is 37.1. The zero-order chi connectivity index (χ0) is 26.2. The second kappa shape index (κ2) is 12.6. The van der Waals surface area contributed by atoms with Gasteiger partial charge in [-0.05, 0) is 37.1 Å². The van der Waals surface area contributed by atoms with E-state index in [-0.39, 0.29) is 23.9 Å². The molecule has 0 aliphatic heterocycles. The Morgan fingerprint density at radius 1 is 1.09 bits per heavy atom. The number of hydrogen-bond acceptors (Lipinski definition) is 6. The van der Waals surface area contributed by atoms with Gasteiger partial charge >= 0.3 is 0 Å². The van der Waals surface area contributed by atoms with Gasteiger partial charge in [-0.15, -0.1) is 0 Å². The third kappa shape index (κ3) is 7.25. The molecule has 0 aliphatic rings. The lowest BCUT2D eigenvalue weighted by molar-refractivity contribution is -0.140. The van der Waals surface area contributed by atoms with Gasteiger partial charge in [0.15, 0.2) is 0 Å². The number of amides is 2. The molecule has 0 aliphatic carbocycles. The Morgan fingerprint density at radius 3 is 2.31 bits per heavy atom. The van der Waals surface area contributed by atoms with Gasteiger partial charge in [0.25, 0.3) is 0 Å². The van der Waals surface area contributed by atoms with Crippen molar-refractivity contribution in [2.24, 2.45) is 0 Å². The Hall–Kier alpha value is -2.98. The fourth-order valence-electron chi connectivity index (χ4n) is 3.61. The van der Waals surface area contributed by atoms with Crippen molar-refractivity contribution in [3.05, 3.63) is 53.1 Å². The van der Waals surface area contributed by atoms with Gasteiger partial charge in [0, 0.05) is 24.2 Å². The lowest BCUT2D eigenvalue weighted by Gasteiger charge is -2.33. The van der Waals surface area contributed by atoms with Gasteiger partial charge in [-0.25, -0.2) is 8.42 Å². The summed E-state index contributed by atoms with van der Waals surface area (Å²) in [5.74, 6) is -0.264. The first-order valence-electron chi connectivity index (χ1n) is 11.1. The molecule has 1 N–H and O–H groups in total. The number of likely N-dealkylation sites (N-methyl/N-ethyl adjacent to an activating group) is 1. The molecule has 0 aromatic heterocycles. The molecule has 0 saturated heterocycles. The van der Waals surface area contributed by atoms with Crippen LogP contribution < -0.4 is 19.1 Å². The first kappa shape index (κ1) is 28.3. The van der Waals surface area contributed by atoms with Gasteiger partial charge in [0.2, 0.25) is 21.8 Å². The van der Waals surface area contributed by atoms with E-state index in [2.05, 4.69) is 5.32 Å². The van der Waals surface area contributed by atoms with Crippen LogP contribution in [-0.4, -0.2) is 64.7 Å². The Morgan fingerprint density at radius 2 is 1.77 bits per heavy atom. The van der Waals surface area contributed by atoms with Gasteiger partial charge in [0.1, 0.15) is 24.1 Å². The summed E-state index contributed by atoms with van der Waals surface area (Å²) in [6, 6.07) is 10.8. The Kier molecular flexibility index (Phi) is 10.2. The van der Waals surface area contributed by atoms with Crippen LogP contribution in [0.2, 0.25) is 5.02 Å². The van der Waals surface area contributed by atoms with Crippen molar-refractivity contribution < 1.29 is 27.5 Å². The van der Waals surface area contributed by atoms with Crippen molar-refractivity contribution >= 4 is 39.1 Å². The second-order valence-electron chi connectivity index (χ2n) is 7.74. The standard InChI is InChI=1S/C24H32ClN3O6S/c1-6-20(24(30)26-7-2)27(15-17-10-8-9-11-19(17)25)23(29)16-28(35(5,31)32)21-14-18(33-3)12-13-22(21)34-4/h8-14,20H,6-7,15-16H2,1-5H3,(H,26,30)/t20-/m1/s1. The topological polar surface area (TPSA) is 105 Å². The number of halogens is 1. The van der Waals surface area contributed by atoms with Crippen molar-refractivity contribution in [3.8, 4) is 11.5 Å². The number of nitrogens with zero attached hydrogens (tertiary/aromatic N) is 2. The number of sulfonamides is 1. The number of anilines is 1. The van der Waals surface area contributed by atoms with Crippen molar-refractivity contribution in [2.75, 3.05) is 37.9 Å². The van der Waals surface area contributed by atoms with Crippen LogP contribution in [0.15, 0.2) is 42.5 Å². The van der Waals surface area contributed by atoms with Gasteiger partial charge in [-0.3, -0.25) is 13.9 Å². The third-order valence-electron chi connectivity index (χ3n) is 5.37. The highest BCUT2D eigenvalue weighted by Crippen LogP contribution is 2.34. The Bertz CT molecular complexity index is 1140. The van der Waals surface area contributed by atoms with Crippen LogP contribution in [0, 0.1) is 0 Å². The fraction of sp³-hybridized carbons (Fsp3) is 0.417. The molecular formula is C24H32ClN3O6S. The summed E-state index contributed by atoms with van der Waals surface area (Å²) in [6.45, 7) is 3.43. The van der Waals surface area contributed by atoms with E-state index >= 15 is 0 Å². The number of ether oxygens (including phenoxy) is 2. The molecule has 2 amide bonds. The molecule has 0 fully saturated rings. The predicted molar refractivity (Wildman–Crippen MR) is 137 cm³/mol. The fourth-order valence-corrected chi connectivity index (χ4v) is 4.65. The minimum absolute atomic E-state index is 0.0288. The molecular weight excluding hydrogens is 494 g/mol. The van der Waals surface area contributed by atoms with Crippen LogP contribution >= 0.6 is 11.6 Å². The van der Waals surface area contributed by atoms with Crippen molar-refractivity contribution in [2.45, 2.75) is 32.9 Å². The first-order chi connectivity index (χ1) is 16.6. The summed E-state index contributed by atoms with van der Waals surface area (Å²) in [7, 11) is -1.07. The monoisotopic (exact) mass is 525 g/mol. The molecule has 192 valence electrons. The minimum Gasteiger partial charge on any atom is -0.497 e. The highest BCUT2D eigenvalue weighted by Gasteiger charge is 2.32. The number of carbonyl (C=O) groups is 2. The molecule has 0 radical (unpaired) electrons. The minimum atomic E-state index is -3.92. The highest BCUT2D eigenvalue weighted by atomic mass is 35.5. The van der Waals surface area contributed by atoms with Crippen molar-refractivity contribution in [1.82, 2.24) is 10.2 Å². The van der Waals surface area contributed by atoms with Crippen molar-refractivity contribution in [1.29, 1.82) is 0 Å². The molecule has 0 unspecified atom stereocenters. The second-order valence-corrected chi connectivity index (χ2v) is 10.1. The lowest BCUT2D eigenvalue weighted by Crippen LogP contribution is -2.52. The zero-order valence-corrected chi connectivity index (χ0v) is 22.1. The molecule has 0 bridgehead atoms. The van der Waals surface area contributed by atoms with E-state index < -0.39 is 28.5 Å². The molecule has 9 nitrogen and oxygen atoms in total. The highest BCUT2D eigenvalue weighted by molar-refractivity contribution is 7.92.